The van der Waals surface area contributed by atoms with Gasteiger partial charge in [-0.3, -0.25) is 0 Å². The van der Waals surface area contributed by atoms with E-state index in [4.69, 9.17) is 14.3 Å². The number of ether oxygens (including phenoxy) is 2. The normalized spacial score (nSPS) is 14.6. The van der Waals surface area contributed by atoms with Gasteiger partial charge in [-0.15, -0.1) is 0 Å². The lowest BCUT2D eigenvalue weighted by Crippen LogP contribution is -2.11. The Balaban J connectivity index is 2.12. The van der Waals surface area contributed by atoms with Gasteiger partial charge in [0.1, 0.15) is 0 Å². The van der Waals surface area contributed by atoms with Crippen LogP contribution in [0.2, 0.25) is 0 Å². The third-order valence-electron chi connectivity index (χ3n) is 2.87. The molecule has 0 bridgehead atoms. The maximum absolute atomic E-state index is 5.83. The minimum Gasteiger partial charge on any atom is -0.492 e. The quantitative estimate of drug-likeness (QED) is 0.785. The number of hydrogen-bond donors (Lipinski definition) is 1. The highest BCUT2D eigenvalue weighted by atomic mass is 79.9. The molecule has 1 fully saturated rings. The molecule has 0 spiro atoms. The Bertz CT molecular complexity index is 407. The van der Waals surface area contributed by atoms with Gasteiger partial charge >= 0.3 is 0 Å². The fourth-order valence-corrected chi connectivity index (χ4v) is 2.33. The molecule has 1 aliphatic rings. The molecule has 100 valence electrons. The second kappa shape index (κ2) is 6.41. The van der Waals surface area contributed by atoms with Gasteiger partial charge in [0.05, 0.1) is 25.3 Å². The molecular formula is C13H18BrNO3. The van der Waals surface area contributed by atoms with Crippen LogP contribution in [0.3, 0.4) is 0 Å². The lowest BCUT2D eigenvalue weighted by molar-refractivity contribution is 0.0866. The van der Waals surface area contributed by atoms with Crippen molar-refractivity contribution in [1.82, 2.24) is 5.48 Å². The average molecular weight is 316 g/mol. The van der Waals surface area contributed by atoms with Crippen LogP contribution in [-0.4, -0.2) is 20.8 Å². The Hall–Kier alpha value is -0.780. The topological polar surface area (TPSA) is 39.7 Å². The molecule has 1 N–H and O–H groups in total. The number of hydrogen-bond acceptors (Lipinski definition) is 4. The summed E-state index contributed by atoms with van der Waals surface area (Å²) in [6.45, 7) is 1.39. The third-order valence-corrected chi connectivity index (χ3v) is 3.45. The summed E-state index contributed by atoms with van der Waals surface area (Å²) in [5.74, 6) is 2.25. The van der Waals surface area contributed by atoms with Crippen LogP contribution in [0.5, 0.6) is 11.5 Å². The molecule has 0 unspecified atom stereocenters. The molecule has 18 heavy (non-hydrogen) atoms. The Kier molecular flexibility index (Phi) is 4.86. The molecular weight excluding hydrogens is 298 g/mol. The fraction of sp³-hybridized carbons (Fsp3) is 0.538. The summed E-state index contributed by atoms with van der Waals surface area (Å²) in [4.78, 5) is 4.85. The summed E-state index contributed by atoms with van der Waals surface area (Å²) in [7, 11) is 3.25. The van der Waals surface area contributed by atoms with Gasteiger partial charge in [-0.05, 0) is 52.4 Å². The monoisotopic (exact) mass is 315 g/mol. The smallest absolute Gasteiger partial charge is 0.174 e. The Morgan fingerprint density at radius 1 is 1.33 bits per heavy atom. The van der Waals surface area contributed by atoms with E-state index >= 15 is 0 Å². The van der Waals surface area contributed by atoms with Crippen molar-refractivity contribution in [1.29, 1.82) is 0 Å². The highest BCUT2D eigenvalue weighted by molar-refractivity contribution is 9.10. The van der Waals surface area contributed by atoms with Crippen LogP contribution in [-0.2, 0) is 11.4 Å². The maximum atomic E-state index is 5.83. The molecule has 0 radical (unpaired) electrons. The molecule has 1 aromatic carbocycles. The van der Waals surface area contributed by atoms with E-state index in [0.29, 0.717) is 12.5 Å². The van der Waals surface area contributed by atoms with E-state index in [1.807, 2.05) is 12.1 Å². The van der Waals surface area contributed by atoms with E-state index in [1.54, 1.807) is 14.2 Å². The van der Waals surface area contributed by atoms with E-state index in [9.17, 15) is 0 Å². The zero-order valence-corrected chi connectivity index (χ0v) is 12.2. The lowest BCUT2D eigenvalue weighted by atomic mass is 10.2. The van der Waals surface area contributed by atoms with Crippen LogP contribution in [0.4, 0.5) is 0 Å². The molecule has 1 aromatic rings. The average Bonchev–Trinajstić information content (AvgIpc) is 3.17. The van der Waals surface area contributed by atoms with E-state index in [1.165, 1.54) is 12.8 Å². The van der Waals surface area contributed by atoms with Crippen molar-refractivity contribution in [3.8, 4) is 11.5 Å². The maximum Gasteiger partial charge on any atom is 0.174 e. The lowest BCUT2D eigenvalue weighted by Gasteiger charge is -2.14. The molecule has 1 saturated carbocycles. The molecule has 0 amide bonds. The van der Waals surface area contributed by atoms with Crippen molar-refractivity contribution in [3.05, 3.63) is 22.2 Å². The highest BCUT2D eigenvalue weighted by Gasteiger charge is 2.23. The summed E-state index contributed by atoms with van der Waals surface area (Å²) < 4.78 is 12.1. The van der Waals surface area contributed by atoms with E-state index in [0.717, 1.165) is 28.1 Å². The van der Waals surface area contributed by atoms with Gasteiger partial charge in [-0.25, -0.2) is 0 Å². The Morgan fingerprint density at radius 3 is 2.72 bits per heavy atom. The number of rotatable bonds is 7. The van der Waals surface area contributed by atoms with E-state index in [2.05, 4.69) is 21.4 Å². The molecule has 1 aliphatic carbocycles. The molecule has 0 atom stereocenters. The van der Waals surface area contributed by atoms with Gasteiger partial charge in [0.15, 0.2) is 11.5 Å². The van der Waals surface area contributed by atoms with Gasteiger partial charge in [0.25, 0.3) is 0 Å². The third kappa shape index (κ3) is 3.60. The summed E-state index contributed by atoms with van der Waals surface area (Å²) in [5, 5.41) is 0. The summed E-state index contributed by atoms with van der Waals surface area (Å²) in [5.41, 5.74) is 3.90. The molecule has 0 aliphatic heterocycles. The zero-order chi connectivity index (χ0) is 13.0. The van der Waals surface area contributed by atoms with E-state index < -0.39 is 0 Å². The van der Waals surface area contributed by atoms with Crippen molar-refractivity contribution in [2.75, 3.05) is 20.8 Å². The predicted molar refractivity (Wildman–Crippen MR) is 72.8 cm³/mol. The number of hydroxylamine groups is 1. The van der Waals surface area contributed by atoms with Gasteiger partial charge in [-0.2, -0.15) is 5.48 Å². The fourth-order valence-electron chi connectivity index (χ4n) is 1.68. The second-order valence-corrected chi connectivity index (χ2v) is 5.24. The van der Waals surface area contributed by atoms with Gasteiger partial charge in [0, 0.05) is 6.54 Å². The summed E-state index contributed by atoms with van der Waals surface area (Å²) in [6.07, 6.45) is 2.54. The van der Waals surface area contributed by atoms with Crippen LogP contribution in [0.15, 0.2) is 16.6 Å². The van der Waals surface area contributed by atoms with Crippen molar-refractivity contribution < 1.29 is 14.3 Å². The van der Waals surface area contributed by atoms with Crippen molar-refractivity contribution in [2.45, 2.75) is 19.4 Å². The molecule has 5 heteroatoms. The van der Waals surface area contributed by atoms with Crippen molar-refractivity contribution in [2.24, 2.45) is 5.92 Å². The molecule has 0 aromatic heterocycles. The van der Waals surface area contributed by atoms with E-state index in [-0.39, 0.29) is 0 Å². The predicted octanol–water partition coefficient (Wildman–Crippen LogP) is 2.90. The molecule has 4 nitrogen and oxygen atoms in total. The molecule has 0 heterocycles. The van der Waals surface area contributed by atoms with Gasteiger partial charge in [0.2, 0.25) is 0 Å². The molecule has 2 rings (SSSR count). The largest absolute Gasteiger partial charge is 0.492 e. The zero-order valence-electron chi connectivity index (χ0n) is 10.7. The first-order valence-electron chi connectivity index (χ1n) is 5.99. The minimum atomic E-state index is 0.624. The highest BCUT2D eigenvalue weighted by Crippen LogP contribution is 2.38. The standard InChI is InChI=1S/C13H18BrNO3/c1-16-13-11(14)5-10(7-15-17-2)6-12(13)18-8-9-3-4-9/h5-6,9,15H,3-4,7-8H2,1-2H3. The number of nitrogens with one attached hydrogen (secondary N) is 1. The van der Waals surface area contributed by atoms with Crippen LogP contribution >= 0.6 is 15.9 Å². The van der Waals surface area contributed by atoms with Crippen LogP contribution in [0, 0.1) is 5.92 Å². The first kappa shape index (κ1) is 13.6. The summed E-state index contributed by atoms with van der Waals surface area (Å²) in [6, 6.07) is 3.98. The SMILES string of the molecule is CONCc1cc(Br)c(OC)c(OCC2CC2)c1. The second-order valence-electron chi connectivity index (χ2n) is 4.39. The first-order valence-corrected chi connectivity index (χ1v) is 6.79. The summed E-state index contributed by atoms with van der Waals surface area (Å²) >= 11 is 3.50. The number of methoxy groups -OCH3 is 1. The van der Waals surface area contributed by atoms with Gasteiger partial charge < -0.3 is 14.3 Å². The minimum absolute atomic E-state index is 0.624. The number of halogens is 1. The first-order chi connectivity index (χ1) is 8.74. The number of benzene rings is 1. The van der Waals surface area contributed by atoms with Crippen LogP contribution in [0.1, 0.15) is 18.4 Å². The van der Waals surface area contributed by atoms with Crippen molar-refractivity contribution >= 4 is 15.9 Å². The van der Waals surface area contributed by atoms with Crippen LogP contribution < -0.4 is 15.0 Å². The Labute approximate surface area is 116 Å². The molecule has 0 saturated heterocycles. The van der Waals surface area contributed by atoms with Crippen LogP contribution in [0.25, 0.3) is 0 Å². The van der Waals surface area contributed by atoms with Gasteiger partial charge in [-0.1, -0.05) is 0 Å². The Morgan fingerprint density at radius 2 is 2.11 bits per heavy atom. The van der Waals surface area contributed by atoms with Crippen molar-refractivity contribution in [3.63, 3.8) is 0 Å².